The highest BCUT2D eigenvalue weighted by molar-refractivity contribution is 8.00. The molecular weight excluding hydrogens is 220 g/mol. The third-order valence-electron chi connectivity index (χ3n) is 3.18. The van der Waals surface area contributed by atoms with E-state index in [1.54, 1.807) is 12.4 Å². The lowest BCUT2D eigenvalue weighted by molar-refractivity contribution is 0.379. The van der Waals surface area contributed by atoms with Crippen molar-refractivity contribution in [2.45, 2.75) is 24.0 Å². The molecule has 0 spiro atoms. The Morgan fingerprint density at radius 2 is 2.12 bits per heavy atom. The summed E-state index contributed by atoms with van der Waals surface area (Å²) in [4.78, 5) is 8.52. The number of nitrogens with zero attached hydrogens (tertiary/aromatic N) is 2. The third-order valence-corrected chi connectivity index (χ3v) is 4.60. The fraction of sp³-hybridized carbons (Fsp3) is 0.636. The highest BCUT2D eigenvalue weighted by Gasteiger charge is 2.35. The van der Waals surface area contributed by atoms with Crippen LogP contribution >= 0.6 is 11.8 Å². The van der Waals surface area contributed by atoms with E-state index in [0.717, 1.165) is 18.2 Å². The zero-order chi connectivity index (χ0) is 11.4. The number of nitrogens with one attached hydrogen (secondary N) is 2. The van der Waals surface area contributed by atoms with Gasteiger partial charge in [-0.3, -0.25) is 4.98 Å². The van der Waals surface area contributed by atoms with Gasteiger partial charge in [0.25, 0.3) is 0 Å². The predicted molar refractivity (Wildman–Crippen MR) is 70.2 cm³/mol. The van der Waals surface area contributed by atoms with Crippen LogP contribution in [0.4, 0.5) is 11.6 Å². The first-order valence-corrected chi connectivity index (χ1v) is 6.79. The summed E-state index contributed by atoms with van der Waals surface area (Å²) in [6.07, 6.45) is 9.65. The number of thioether (sulfide) groups is 1. The van der Waals surface area contributed by atoms with Gasteiger partial charge in [0.15, 0.2) is 0 Å². The lowest BCUT2D eigenvalue weighted by Gasteiger charge is -2.40. The molecule has 0 unspecified atom stereocenters. The van der Waals surface area contributed by atoms with Crippen LogP contribution in [0.5, 0.6) is 0 Å². The summed E-state index contributed by atoms with van der Waals surface area (Å²) < 4.78 is 0.428. The van der Waals surface area contributed by atoms with Gasteiger partial charge in [0.2, 0.25) is 0 Å². The second-order valence-corrected chi connectivity index (χ2v) is 5.41. The average Bonchev–Trinajstić information content (AvgIpc) is 2.29. The summed E-state index contributed by atoms with van der Waals surface area (Å²) >= 11 is 1.96. The van der Waals surface area contributed by atoms with Gasteiger partial charge < -0.3 is 10.6 Å². The Bertz CT molecular complexity index is 346. The van der Waals surface area contributed by atoms with Gasteiger partial charge in [-0.15, -0.1) is 0 Å². The van der Waals surface area contributed by atoms with E-state index in [9.17, 15) is 0 Å². The summed E-state index contributed by atoms with van der Waals surface area (Å²) in [6, 6.07) is 0. The van der Waals surface area contributed by atoms with Crippen molar-refractivity contribution in [2.24, 2.45) is 0 Å². The molecule has 1 aromatic rings. The minimum atomic E-state index is 0.428. The molecule has 1 saturated carbocycles. The van der Waals surface area contributed by atoms with Crippen LogP contribution in [0.15, 0.2) is 12.4 Å². The van der Waals surface area contributed by atoms with E-state index in [-0.39, 0.29) is 0 Å². The first kappa shape index (κ1) is 11.5. The van der Waals surface area contributed by atoms with Gasteiger partial charge in [0.1, 0.15) is 11.6 Å². The SMILES string of the molecule is CNc1cncc(NCC2(SC)CCC2)n1. The van der Waals surface area contributed by atoms with E-state index < -0.39 is 0 Å². The summed E-state index contributed by atoms with van der Waals surface area (Å²) in [6.45, 7) is 0.982. The maximum Gasteiger partial charge on any atom is 0.147 e. The molecule has 1 aliphatic rings. The molecule has 1 heterocycles. The zero-order valence-corrected chi connectivity index (χ0v) is 10.6. The monoisotopic (exact) mass is 238 g/mol. The smallest absolute Gasteiger partial charge is 0.147 e. The number of hydrogen-bond donors (Lipinski definition) is 2. The standard InChI is InChI=1S/C11H18N4S/c1-12-9-6-13-7-10(15-9)14-8-11(16-2)4-3-5-11/h6-7H,3-5,8H2,1-2H3,(H2,12,14,15). The molecule has 4 nitrogen and oxygen atoms in total. The Morgan fingerprint density at radius 3 is 2.69 bits per heavy atom. The molecule has 16 heavy (non-hydrogen) atoms. The fourth-order valence-corrected chi connectivity index (χ4v) is 2.76. The van der Waals surface area contributed by atoms with Gasteiger partial charge in [-0.05, 0) is 19.1 Å². The van der Waals surface area contributed by atoms with Gasteiger partial charge in [-0.1, -0.05) is 6.42 Å². The summed E-state index contributed by atoms with van der Waals surface area (Å²) in [5.74, 6) is 1.66. The number of aromatic nitrogens is 2. The van der Waals surface area contributed by atoms with Crippen LogP contribution in [0.2, 0.25) is 0 Å². The highest BCUT2D eigenvalue weighted by Crippen LogP contribution is 2.42. The molecule has 0 radical (unpaired) electrons. The van der Waals surface area contributed by atoms with E-state index >= 15 is 0 Å². The molecule has 1 aliphatic carbocycles. The van der Waals surface area contributed by atoms with Gasteiger partial charge in [0, 0.05) is 18.3 Å². The summed E-state index contributed by atoms with van der Waals surface area (Å²) in [5, 5.41) is 6.37. The largest absolute Gasteiger partial charge is 0.372 e. The third kappa shape index (κ3) is 2.40. The molecule has 5 heteroatoms. The molecule has 0 saturated heterocycles. The topological polar surface area (TPSA) is 49.8 Å². The quantitative estimate of drug-likeness (QED) is 0.823. The van der Waals surface area contributed by atoms with Crippen molar-refractivity contribution in [2.75, 3.05) is 30.5 Å². The Labute approximate surface area is 101 Å². The van der Waals surface area contributed by atoms with Gasteiger partial charge in [0.05, 0.1) is 12.4 Å². The van der Waals surface area contributed by atoms with E-state index in [4.69, 9.17) is 0 Å². The Morgan fingerprint density at radius 1 is 1.38 bits per heavy atom. The number of hydrogen-bond acceptors (Lipinski definition) is 5. The van der Waals surface area contributed by atoms with Crippen molar-refractivity contribution in [1.29, 1.82) is 0 Å². The van der Waals surface area contributed by atoms with Crippen LogP contribution in [0.3, 0.4) is 0 Å². The molecule has 2 N–H and O–H groups in total. The first-order valence-electron chi connectivity index (χ1n) is 5.57. The normalized spacial score (nSPS) is 17.6. The Hall–Kier alpha value is -0.970. The van der Waals surface area contributed by atoms with Crippen LogP contribution in [0.1, 0.15) is 19.3 Å². The minimum Gasteiger partial charge on any atom is -0.372 e. The minimum absolute atomic E-state index is 0.428. The second-order valence-electron chi connectivity index (χ2n) is 4.13. The van der Waals surface area contributed by atoms with Crippen molar-refractivity contribution in [3.8, 4) is 0 Å². The number of anilines is 2. The van der Waals surface area contributed by atoms with Crippen LogP contribution in [0.25, 0.3) is 0 Å². The fourth-order valence-electron chi connectivity index (χ4n) is 1.85. The molecule has 1 fully saturated rings. The van der Waals surface area contributed by atoms with Crippen molar-refractivity contribution in [3.05, 3.63) is 12.4 Å². The van der Waals surface area contributed by atoms with Crippen LogP contribution in [-0.4, -0.2) is 34.6 Å². The maximum atomic E-state index is 4.39. The van der Waals surface area contributed by atoms with Gasteiger partial charge in [-0.2, -0.15) is 11.8 Å². The van der Waals surface area contributed by atoms with E-state index in [0.29, 0.717) is 4.75 Å². The lowest BCUT2D eigenvalue weighted by Crippen LogP contribution is -2.40. The van der Waals surface area contributed by atoms with Gasteiger partial charge >= 0.3 is 0 Å². The van der Waals surface area contributed by atoms with Crippen LogP contribution in [-0.2, 0) is 0 Å². The van der Waals surface area contributed by atoms with Crippen molar-refractivity contribution in [3.63, 3.8) is 0 Å². The molecule has 1 aromatic heterocycles. The maximum absolute atomic E-state index is 4.39. The lowest BCUT2D eigenvalue weighted by atomic mass is 9.84. The Balaban J connectivity index is 1.93. The van der Waals surface area contributed by atoms with Crippen LogP contribution in [0, 0.1) is 0 Å². The molecular formula is C11H18N4S. The molecule has 0 aliphatic heterocycles. The molecule has 0 aromatic carbocycles. The molecule has 88 valence electrons. The molecule has 0 bridgehead atoms. The molecule has 0 atom stereocenters. The van der Waals surface area contributed by atoms with E-state index in [1.807, 2.05) is 18.8 Å². The average molecular weight is 238 g/mol. The van der Waals surface area contributed by atoms with Crippen LogP contribution < -0.4 is 10.6 Å². The number of rotatable bonds is 5. The summed E-state index contributed by atoms with van der Waals surface area (Å²) in [7, 11) is 1.85. The van der Waals surface area contributed by atoms with Gasteiger partial charge in [-0.25, -0.2) is 4.98 Å². The molecule has 0 amide bonds. The van der Waals surface area contributed by atoms with Crippen molar-refractivity contribution in [1.82, 2.24) is 9.97 Å². The van der Waals surface area contributed by atoms with E-state index in [2.05, 4.69) is 26.9 Å². The molecule has 2 rings (SSSR count). The first-order chi connectivity index (χ1) is 7.78. The predicted octanol–water partition coefficient (Wildman–Crippen LogP) is 2.22. The highest BCUT2D eigenvalue weighted by atomic mass is 32.2. The van der Waals surface area contributed by atoms with Crippen molar-refractivity contribution < 1.29 is 0 Å². The Kier molecular flexibility index (Phi) is 3.53. The zero-order valence-electron chi connectivity index (χ0n) is 9.79. The van der Waals surface area contributed by atoms with Crippen molar-refractivity contribution >= 4 is 23.4 Å². The van der Waals surface area contributed by atoms with E-state index in [1.165, 1.54) is 19.3 Å². The summed E-state index contributed by atoms with van der Waals surface area (Å²) in [5.41, 5.74) is 0. The second kappa shape index (κ2) is 4.91.